The normalized spacial score (nSPS) is 22.5. The molecule has 1 saturated carbocycles. The zero-order valence-electron chi connectivity index (χ0n) is 16.4. The van der Waals surface area contributed by atoms with Gasteiger partial charge in [-0.05, 0) is 41.7 Å². The van der Waals surface area contributed by atoms with Gasteiger partial charge in [-0.2, -0.15) is 0 Å². The standard InChI is InChI=1S/C23H27NO4/c1-27-19-10-9-16(14-20(19)28-2)23(11-5-6-12-23)22(26)24-21-17-8-4-3-7-15(17)13-18(21)25/h3-4,7-10,14,18,21,25H,5-6,11-13H2,1-2H3,(H,24,26)/t18-,21-/m0/s1. The highest BCUT2D eigenvalue weighted by Gasteiger charge is 2.45. The maximum atomic E-state index is 13.5. The molecule has 0 spiro atoms. The quantitative estimate of drug-likeness (QED) is 0.834. The molecule has 5 nitrogen and oxygen atoms in total. The van der Waals surface area contributed by atoms with Gasteiger partial charge in [-0.15, -0.1) is 0 Å². The number of ether oxygens (including phenoxy) is 2. The Hall–Kier alpha value is -2.53. The number of rotatable bonds is 5. The van der Waals surface area contributed by atoms with Crippen LogP contribution < -0.4 is 14.8 Å². The second kappa shape index (κ2) is 7.47. The van der Waals surface area contributed by atoms with E-state index in [9.17, 15) is 9.90 Å². The van der Waals surface area contributed by atoms with Gasteiger partial charge in [0.1, 0.15) is 0 Å². The predicted molar refractivity (Wildman–Crippen MR) is 107 cm³/mol. The van der Waals surface area contributed by atoms with Crippen LogP contribution >= 0.6 is 0 Å². The van der Waals surface area contributed by atoms with Crippen molar-refractivity contribution in [2.75, 3.05) is 14.2 Å². The van der Waals surface area contributed by atoms with Crippen molar-refractivity contribution >= 4 is 5.91 Å². The Bertz CT molecular complexity index is 873. The number of hydrogen-bond donors (Lipinski definition) is 2. The maximum Gasteiger partial charge on any atom is 0.231 e. The van der Waals surface area contributed by atoms with Crippen molar-refractivity contribution in [1.82, 2.24) is 5.32 Å². The highest BCUT2D eigenvalue weighted by atomic mass is 16.5. The van der Waals surface area contributed by atoms with Crippen molar-refractivity contribution in [3.8, 4) is 11.5 Å². The highest BCUT2D eigenvalue weighted by Crippen LogP contribution is 2.45. The molecule has 28 heavy (non-hydrogen) atoms. The summed E-state index contributed by atoms with van der Waals surface area (Å²) in [4.78, 5) is 13.5. The molecule has 2 atom stereocenters. The van der Waals surface area contributed by atoms with Crippen molar-refractivity contribution in [3.63, 3.8) is 0 Å². The largest absolute Gasteiger partial charge is 0.493 e. The molecule has 2 aromatic rings. The van der Waals surface area contributed by atoms with Crippen LogP contribution in [0.3, 0.4) is 0 Å². The summed E-state index contributed by atoms with van der Waals surface area (Å²) in [5.74, 6) is 1.27. The average molecular weight is 381 g/mol. The van der Waals surface area contributed by atoms with Crippen LogP contribution in [-0.2, 0) is 16.6 Å². The van der Waals surface area contributed by atoms with Crippen molar-refractivity contribution in [2.24, 2.45) is 0 Å². The summed E-state index contributed by atoms with van der Waals surface area (Å²) in [5.41, 5.74) is 2.47. The lowest BCUT2D eigenvalue weighted by atomic mass is 9.77. The Morgan fingerprint density at radius 2 is 1.79 bits per heavy atom. The number of hydrogen-bond acceptors (Lipinski definition) is 4. The van der Waals surface area contributed by atoms with E-state index in [-0.39, 0.29) is 11.9 Å². The SMILES string of the molecule is COc1ccc(C2(C(=O)N[C@H]3c4ccccc4C[C@@H]3O)CCCC2)cc1OC. The van der Waals surface area contributed by atoms with Gasteiger partial charge in [0.25, 0.3) is 0 Å². The topological polar surface area (TPSA) is 67.8 Å². The van der Waals surface area contributed by atoms with Crippen LogP contribution in [0.5, 0.6) is 11.5 Å². The molecule has 0 radical (unpaired) electrons. The second-order valence-electron chi connectivity index (χ2n) is 7.78. The number of aliphatic hydroxyl groups is 1. The molecule has 1 fully saturated rings. The Morgan fingerprint density at radius 3 is 2.50 bits per heavy atom. The summed E-state index contributed by atoms with van der Waals surface area (Å²) in [6.07, 6.45) is 3.57. The van der Waals surface area contributed by atoms with Crippen molar-refractivity contribution in [2.45, 2.75) is 49.7 Å². The van der Waals surface area contributed by atoms with E-state index in [1.165, 1.54) is 0 Å². The Labute approximate surface area is 165 Å². The summed E-state index contributed by atoms with van der Waals surface area (Å²) < 4.78 is 10.8. The number of amides is 1. The molecular weight excluding hydrogens is 354 g/mol. The van der Waals surface area contributed by atoms with Crippen LogP contribution in [0.4, 0.5) is 0 Å². The molecule has 0 bridgehead atoms. The molecule has 2 aromatic carbocycles. The van der Waals surface area contributed by atoms with Crippen LogP contribution in [0.15, 0.2) is 42.5 Å². The Kier molecular flexibility index (Phi) is 5.02. The highest BCUT2D eigenvalue weighted by molar-refractivity contribution is 5.89. The monoisotopic (exact) mass is 381 g/mol. The fourth-order valence-corrected chi connectivity index (χ4v) is 4.79. The lowest BCUT2D eigenvalue weighted by Crippen LogP contribution is -2.46. The van der Waals surface area contributed by atoms with Crippen molar-refractivity contribution in [1.29, 1.82) is 0 Å². The van der Waals surface area contributed by atoms with Gasteiger partial charge in [-0.25, -0.2) is 0 Å². The molecule has 148 valence electrons. The molecule has 0 heterocycles. The number of methoxy groups -OCH3 is 2. The minimum atomic E-state index is -0.600. The molecule has 4 rings (SSSR count). The van der Waals surface area contributed by atoms with Crippen LogP contribution in [0, 0.1) is 0 Å². The number of benzene rings is 2. The second-order valence-corrected chi connectivity index (χ2v) is 7.78. The number of aliphatic hydroxyl groups excluding tert-OH is 1. The van der Waals surface area contributed by atoms with Crippen LogP contribution in [0.25, 0.3) is 0 Å². The molecule has 2 aliphatic carbocycles. The summed E-state index contributed by atoms with van der Waals surface area (Å²) in [5, 5.41) is 13.7. The fourth-order valence-electron chi connectivity index (χ4n) is 4.79. The van der Waals surface area contributed by atoms with Gasteiger partial charge >= 0.3 is 0 Å². The van der Waals surface area contributed by atoms with E-state index in [4.69, 9.17) is 9.47 Å². The van der Waals surface area contributed by atoms with Crippen LogP contribution in [-0.4, -0.2) is 31.3 Å². The molecule has 0 unspecified atom stereocenters. The van der Waals surface area contributed by atoms with Gasteiger partial charge in [-0.3, -0.25) is 4.79 Å². The predicted octanol–water partition coefficient (Wildman–Crippen LogP) is 3.29. The minimum Gasteiger partial charge on any atom is -0.493 e. The third-order valence-electron chi connectivity index (χ3n) is 6.32. The first-order chi connectivity index (χ1) is 13.6. The lowest BCUT2D eigenvalue weighted by Gasteiger charge is -2.31. The molecule has 0 aromatic heterocycles. The third-order valence-corrected chi connectivity index (χ3v) is 6.32. The first-order valence-electron chi connectivity index (χ1n) is 9.88. The first kappa shape index (κ1) is 18.8. The van der Waals surface area contributed by atoms with Gasteiger partial charge in [0.05, 0.1) is 31.8 Å². The average Bonchev–Trinajstić information content (AvgIpc) is 3.33. The molecule has 0 aliphatic heterocycles. The lowest BCUT2D eigenvalue weighted by molar-refractivity contribution is -0.128. The molecule has 2 N–H and O–H groups in total. The van der Waals surface area contributed by atoms with Crippen LogP contribution in [0.1, 0.15) is 48.4 Å². The van der Waals surface area contributed by atoms with E-state index in [1.54, 1.807) is 14.2 Å². The van der Waals surface area contributed by atoms with Crippen LogP contribution in [0.2, 0.25) is 0 Å². The van der Waals surface area contributed by atoms with E-state index in [1.807, 2.05) is 42.5 Å². The molecule has 1 amide bonds. The summed E-state index contributed by atoms with van der Waals surface area (Å²) >= 11 is 0. The number of carbonyl (C=O) groups excluding carboxylic acids is 1. The fraction of sp³-hybridized carbons (Fsp3) is 0.435. The third kappa shape index (κ3) is 3.04. The van der Waals surface area contributed by atoms with Gasteiger partial charge in [0.2, 0.25) is 5.91 Å². The molecule has 2 aliphatic rings. The minimum absolute atomic E-state index is 0.0158. The van der Waals surface area contributed by atoms with Gasteiger partial charge in [0, 0.05) is 6.42 Å². The number of carbonyl (C=O) groups is 1. The zero-order valence-corrected chi connectivity index (χ0v) is 16.4. The number of fused-ring (bicyclic) bond motifs is 1. The molecule has 0 saturated heterocycles. The van der Waals surface area contributed by atoms with Gasteiger partial charge < -0.3 is 19.9 Å². The Balaban J connectivity index is 1.66. The van der Waals surface area contributed by atoms with Gasteiger partial charge in [-0.1, -0.05) is 43.2 Å². The van der Waals surface area contributed by atoms with Gasteiger partial charge in [0.15, 0.2) is 11.5 Å². The van der Waals surface area contributed by atoms with Crippen molar-refractivity contribution in [3.05, 3.63) is 59.2 Å². The summed E-state index contributed by atoms with van der Waals surface area (Å²) in [6.45, 7) is 0. The summed E-state index contributed by atoms with van der Waals surface area (Å²) in [7, 11) is 3.21. The first-order valence-corrected chi connectivity index (χ1v) is 9.88. The van der Waals surface area contributed by atoms with E-state index >= 15 is 0 Å². The van der Waals surface area contributed by atoms with E-state index in [2.05, 4.69) is 5.32 Å². The smallest absolute Gasteiger partial charge is 0.231 e. The Morgan fingerprint density at radius 1 is 1.07 bits per heavy atom. The maximum absolute atomic E-state index is 13.5. The zero-order chi connectivity index (χ0) is 19.7. The summed E-state index contributed by atoms with van der Waals surface area (Å²) in [6, 6.07) is 13.3. The van der Waals surface area contributed by atoms with E-state index in [0.717, 1.165) is 42.4 Å². The van der Waals surface area contributed by atoms with E-state index in [0.29, 0.717) is 17.9 Å². The van der Waals surface area contributed by atoms with Crippen molar-refractivity contribution < 1.29 is 19.4 Å². The van der Waals surface area contributed by atoms with E-state index < -0.39 is 11.5 Å². The molecular formula is C23H27NO4. The molecule has 5 heteroatoms. The number of nitrogens with one attached hydrogen (secondary N) is 1.